The van der Waals surface area contributed by atoms with Gasteiger partial charge in [0.05, 0.1) is 27.5 Å². The molecular formula is C31H26N6O5. The fraction of sp³-hybridized carbons (Fsp3) is 0. The molecule has 8 N–H and O–H groups in total. The number of nitrogens with zero attached hydrogens (tertiary/aromatic N) is 3. The van der Waals surface area contributed by atoms with E-state index in [1.807, 2.05) is 72.8 Å². The first-order valence-electron chi connectivity index (χ1n) is 12.2. The van der Waals surface area contributed by atoms with Crippen molar-refractivity contribution in [2.75, 3.05) is 17.2 Å². The van der Waals surface area contributed by atoms with Gasteiger partial charge in [-0.1, -0.05) is 36.4 Å². The van der Waals surface area contributed by atoms with Crippen molar-refractivity contribution < 1.29 is 15.3 Å². The van der Waals surface area contributed by atoms with Crippen LogP contribution in [0.5, 0.6) is 0 Å². The third-order valence-electron chi connectivity index (χ3n) is 6.12. The summed E-state index contributed by atoms with van der Waals surface area (Å²) in [6.45, 7) is 0. The average molecular weight is 563 g/mol. The summed E-state index contributed by atoms with van der Waals surface area (Å²) in [4.78, 5) is 19.1. The summed E-state index contributed by atoms with van der Waals surface area (Å²) < 4.78 is 0. The Bertz CT molecular complexity index is 1580. The third kappa shape index (κ3) is 7.44. The number of anilines is 3. The van der Waals surface area contributed by atoms with E-state index in [9.17, 15) is 20.2 Å². The summed E-state index contributed by atoms with van der Waals surface area (Å²) in [6.07, 6.45) is 0. The van der Waals surface area contributed by atoms with Gasteiger partial charge in [0.1, 0.15) is 0 Å². The highest BCUT2D eigenvalue weighted by Crippen LogP contribution is 2.33. The number of benzene rings is 5. The summed E-state index contributed by atoms with van der Waals surface area (Å²) in [5, 5.41) is 29.1. The van der Waals surface area contributed by atoms with Crippen LogP contribution in [-0.2, 0) is 0 Å². The SMILES string of the molecule is N#Cc1cc([N+](=O)[O-])cc([N+](=O)[O-])c1.Nc1ccc(-c2cc(-c3ccc(N)cc3)cc(-c3ccc(N)cc3)c2)cc1.O. The van der Waals surface area contributed by atoms with Gasteiger partial charge in [-0.25, -0.2) is 0 Å². The Morgan fingerprint density at radius 2 is 0.786 bits per heavy atom. The van der Waals surface area contributed by atoms with Gasteiger partial charge in [0.25, 0.3) is 11.4 Å². The van der Waals surface area contributed by atoms with Crippen molar-refractivity contribution in [3.8, 4) is 39.4 Å². The summed E-state index contributed by atoms with van der Waals surface area (Å²) in [7, 11) is 0. The van der Waals surface area contributed by atoms with E-state index >= 15 is 0 Å². The summed E-state index contributed by atoms with van der Waals surface area (Å²) in [6, 6.07) is 34.8. The first-order valence-corrected chi connectivity index (χ1v) is 12.2. The molecule has 210 valence electrons. The molecular weight excluding hydrogens is 536 g/mol. The van der Waals surface area contributed by atoms with Crippen LogP contribution in [0.3, 0.4) is 0 Å². The number of nitrogens with two attached hydrogens (primary N) is 3. The summed E-state index contributed by atoms with van der Waals surface area (Å²) in [5.41, 5.74) is 25.6. The first-order chi connectivity index (χ1) is 19.6. The molecule has 0 saturated carbocycles. The number of hydrogen-bond acceptors (Lipinski definition) is 8. The molecule has 0 aliphatic heterocycles. The van der Waals surface area contributed by atoms with Crippen LogP contribution in [0.15, 0.2) is 109 Å². The van der Waals surface area contributed by atoms with Crippen molar-refractivity contribution in [1.29, 1.82) is 5.26 Å². The highest BCUT2D eigenvalue weighted by Gasteiger charge is 2.16. The lowest BCUT2D eigenvalue weighted by atomic mass is 9.93. The highest BCUT2D eigenvalue weighted by atomic mass is 16.6. The molecule has 0 heterocycles. The minimum atomic E-state index is -0.784. The quantitative estimate of drug-likeness (QED) is 0.131. The molecule has 0 aliphatic rings. The van der Waals surface area contributed by atoms with Crippen molar-refractivity contribution in [1.82, 2.24) is 0 Å². The highest BCUT2D eigenvalue weighted by molar-refractivity contribution is 5.82. The van der Waals surface area contributed by atoms with Crippen LogP contribution < -0.4 is 17.2 Å². The molecule has 5 aromatic rings. The van der Waals surface area contributed by atoms with Crippen molar-refractivity contribution in [3.05, 3.63) is 135 Å². The second-order valence-electron chi connectivity index (χ2n) is 9.03. The number of nitro groups is 2. The van der Waals surface area contributed by atoms with Crippen molar-refractivity contribution in [2.24, 2.45) is 0 Å². The summed E-state index contributed by atoms with van der Waals surface area (Å²) in [5.74, 6) is 0. The van der Waals surface area contributed by atoms with Gasteiger partial charge in [0.15, 0.2) is 0 Å². The number of non-ortho nitro benzene ring substituents is 2. The van der Waals surface area contributed by atoms with E-state index in [1.165, 1.54) is 0 Å². The van der Waals surface area contributed by atoms with Crippen LogP contribution in [0.1, 0.15) is 5.56 Å². The zero-order chi connectivity index (χ0) is 29.5. The van der Waals surface area contributed by atoms with Gasteiger partial charge in [-0.2, -0.15) is 5.26 Å². The normalized spacial score (nSPS) is 9.88. The lowest BCUT2D eigenvalue weighted by Crippen LogP contribution is -1.93. The molecule has 0 aliphatic carbocycles. The first kappa shape index (κ1) is 30.3. The Morgan fingerprint density at radius 1 is 0.500 bits per heavy atom. The van der Waals surface area contributed by atoms with Gasteiger partial charge in [-0.15, -0.1) is 0 Å². The second-order valence-corrected chi connectivity index (χ2v) is 9.03. The topological polar surface area (TPSA) is 220 Å². The van der Waals surface area contributed by atoms with Crippen LogP contribution in [0, 0.1) is 31.6 Å². The van der Waals surface area contributed by atoms with E-state index in [-0.39, 0.29) is 11.0 Å². The van der Waals surface area contributed by atoms with Crippen molar-refractivity contribution in [2.45, 2.75) is 0 Å². The van der Waals surface area contributed by atoms with Crippen LogP contribution in [0.4, 0.5) is 28.4 Å². The van der Waals surface area contributed by atoms with Gasteiger partial charge in [-0.05, 0) is 88.0 Å². The van der Waals surface area contributed by atoms with E-state index in [4.69, 9.17) is 22.5 Å². The minimum Gasteiger partial charge on any atom is -0.412 e. The van der Waals surface area contributed by atoms with Crippen molar-refractivity contribution in [3.63, 3.8) is 0 Å². The Balaban J connectivity index is 0.000000275. The van der Waals surface area contributed by atoms with E-state index in [2.05, 4.69) is 18.2 Å². The molecule has 11 nitrogen and oxygen atoms in total. The summed E-state index contributed by atoms with van der Waals surface area (Å²) >= 11 is 0. The molecule has 0 bridgehead atoms. The fourth-order valence-corrected chi connectivity index (χ4v) is 4.02. The number of nitriles is 1. The third-order valence-corrected chi connectivity index (χ3v) is 6.12. The van der Waals surface area contributed by atoms with Crippen LogP contribution in [0.2, 0.25) is 0 Å². The van der Waals surface area contributed by atoms with Gasteiger partial charge in [-0.3, -0.25) is 20.2 Å². The van der Waals surface area contributed by atoms with E-state index in [0.717, 1.165) is 68.6 Å². The Hall–Kier alpha value is -6.25. The molecule has 0 radical (unpaired) electrons. The Labute approximate surface area is 240 Å². The largest absolute Gasteiger partial charge is 0.412 e. The van der Waals surface area contributed by atoms with Gasteiger partial charge in [0, 0.05) is 29.2 Å². The smallest absolute Gasteiger partial charge is 0.277 e. The van der Waals surface area contributed by atoms with E-state index < -0.39 is 21.2 Å². The fourth-order valence-electron chi connectivity index (χ4n) is 4.02. The molecule has 0 atom stereocenters. The number of hydrogen-bond donors (Lipinski definition) is 3. The molecule has 5 aromatic carbocycles. The zero-order valence-corrected chi connectivity index (χ0v) is 22.1. The van der Waals surface area contributed by atoms with E-state index in [0.29, 0.717) is 0 Å². The van der Waals surface area contributed by atoms with Crippen LogP contribution in [-0.4, -0.2) is 15.3 Å². The number of nitrogen functional groups attached to an aromatic ring is 3. The molecule has 0 saturated heterocycles. The molecule has 5 rings (SSSR count). The second kappa shape index (κ2) is 13.2. The van der Waals surface area contributed by atoms with E-state index in [1.54, 1.807) is 6.07 Å². The maximum absolute atomic E-state index is 10.3. The van der Waals surface area contributed by atoms with Crippen molar-refractivity contribution >= 4 is 28.4 Å². The standard InChI is InChI=1S/C24H21N3.C7H3N3O4.H2O/c25-22-7-1-16(2-8-22)19-13-20(17-3-9-23(26)10-4-17)15-21(14-19)18-5-11-24(27)12-6-18;8-4-5-1-6(9(11)12)3-7(2-5)10(13)14;/h1-15H,25-27H2;1-3H;1H2. The molecule has 0 unspecified atom stereocenters. The Morgan fingerprint density at radius 3 is 1.02 bits per heavy atom. The molecule has 11 heteroatoms. The molecule has 42 heavy (non-hydrogen) atoms. The van der Waals surface area contributed by atoms with Gasteiger partial charge < -0.3 is 22.7 Å². The number of nitro benzene ring substituents is 2. The lowest BCUT2D eigenvalue weighted by Gasteiger charge is -2.12. The molecule has 0 aromatic heterocycles. The average Bonchev–Trinajstić information content (AvgIpc) is 2.98. The van der Waals surface area contributed by atoms with Crippen LogP contribution in [0.25, 0.3) is 33.4 Å². The molecule has 0 amide bonds. The Kier molecular flexibility index (Phi) is 9.52. The zero-order valence-electron chi connectivity index (χ0n) is 22.1. The minimum absolute atomic E-state index is 0. The maximum Gasteiger partial charge on any atom is 0.277 e. The lowest BCUT2D eigenvalue weighted by molar-refractivity contribution is -0.394. The monoisotopic (exact) mass is 562 g/mol. The molecule has 0 fully saturated rings. The van der Waals surface area contributed by atoms with Gasteiger partial charge in [0.2, 0.25) is 0 Å². The predicted molar refractivity (Wildman–Crippen MR) is 164 cm³/mol. The molecule has 0 spiro atoms. The van der Waals surface area contributed by atoms with Crippen LogP contribution >= 0.6 is 0 Å². The predicted octanol–water partition coefficient (Wildman–Crippen LogP) is 5.98. The maximum atomic E-state index is 10.3. The number of rotatable bonds is 5. The van der Waals surface area contributed by atoms with Gasteiger partial charge >= 0.3 is 0 Å².